The van der Waals surface area contributed by atoms with Gasteiger partial charge in [0.2, 0.25) is 0 Å². The number of carbonyl (C=O) groups excluding carboxylic acids is 1. The van der Waals surface area contributed by atoms with Crippen molar-refractivity contribution in [2.75, 3.05) is 19.6 Å². The lowest BCUT2D eigenvalue weighted by atomic mass is 9.79. The highest BCUT2D eigenvalue weighted by atomic mass is 35.5. The van der Waals surface area contributed by atoms with Crippen LogP contribution < -0.4 is 10.6 Å². The Morgan fingerprint density at radius 3 is 2.82 bits per heavy atom. The average molecular weight is 423 g/mol. The first kappa shape index (κ1) is 21.2. The number of piperidine rings is 1. The highest BCUT2D eigenvalue weighted by molar-refractivity contribution is 6.30. The molecule has 2 aliphatic rings. The summed E-state index contributed by atoms with van der Waals surface area (Å²) in [6, 6.07) is 10.2. The molecule has 2 fully saturated rings. The number of carbonyl (C=O) groups is 1. The van der Waals surface area contributed by atoms with Crippen molar-refractivity contribution in [2.45, 2.75) is 50.0 Å². The van der Waals surface area contributed by atoms with Crippen LogP contribution >= 0.6 is 24.0 Å². The van der Waals surface area contributed by atoms with Gasteiger partial charge in [0, 0.05) is 29.7 Å². The summed E-state index contributed by atoms with van der Waals surface area (Å²) in [4.78, 5) is 12.7. The lowest BCUT2D eigenvalue weighted by Gasteiger charge is -2.30. The Balaban J connectivity index is 0.00000225. The Morgan fingerprint density at radius 1 is 1.29 bits per heavy atom. The van der Waals surface area contributed by atoms with Crippen LogP contribution in [0.2, 0.25) is 5.02 Å². The lowest BCUT2D eigenvalue weighted by Crippen LogP contribution is -2.39. The molecule has 0 bridgehead atoms. The molecule has 152 valence electrons. The highest BCUT2D eigenvalue weighted by Crippen LogP contribution is 2.41. The predicted molar refractivity (Wildman–Crippen MR) is 115 cm³/mol. The minimum absolute atomic E-state index is 0. The summed E-state index contributed by atoms with van der Waals surface area (Å²) in [6.45, 7) is 2.61. The van der Waals surface area contributed by atoms with Gasteiger partial charge in [-0.05, 0) is 56.0 Å². The second-order valence-corrected chi connectivity index (χ2v) is 8.30. The number of hydrogen-bond acceptors (Lipinski definition) is 3. The summed E-state index contributed by atoms with van der Waals surface area (Å²) in [7, 11) is 0. The molecule has 1 saturated carbocycles. The third-order valence-electron chi connectivity index (χ3n) is 6.07. The maximum absolute atomic E-state index is 12.7. The van der Waals surface area contributed by atoms with Gasteiger partial charge in [-0.3, -0.25) is 9.48 Å². The largest absolute Gasteiger partial charge is 0.350 e. The van der Waals surface area contributed by atoms with Crippen LogP contribution in [-0.2, 0) is 5.41 Å². The molecule has 1 atom stereocenters. The van der Waals surface area contributed by atoms with E-state index in [9.17, 15) is 4.79 Å². The summed E-state index contributed by atoms with van der Waals surface area (Å²) in [5.74, 6) is -0.0918. The maximum atomic E-state index is 12.7. The molecule has 2 heterocycles. The number of benzene rings is 1. The fourth-order valence-corrected chi connectivity index (χ4v) is 4.69. The van der Waals surface area contributed by atoms with Crippen molar-refractivity contribution >= 4 is 29.9 Å². The van der Waals surface area contributed by atoms with Crippen molar-refractivity contribution in [2.24, 2.45) is 0 Å². The molecule has 4 rings (SSSR count). The van der Waals surface area contributed by atoms with Crippen LogP contribution in [0.4, 0.5) is 0 Å². The minimum Gasteiger partial charge on any atom is -0.350 e. The van der Waals surface area contributed by atoms with Gasteiger partial charge in [0.15, 0.2) is 0 Å². The zero-order valence-electron chi connectivity index (χ0n) is 16.0. The third kappa shape index (κ3) is 4.53. The standard InChI is InChI=1S/C21H27ClN4O.ClH/c22-17-6-3-5-16(13-17)21(9-1-2-10-21)15-24-20(27)19-8-12-26(25-19)18-7-4-11-23-14-18;/h3,5-6,8,12-13,18,23H,1-2,4,7,9-11,14-15H2,(H,24,27);1H. The Hall–Kier alpha value is -1.56. The van der Waals surface area contributed by atoms with E-state index in [1.807, 2.05) is 35.1 Å². The molecule has 1 amide bonds. The van der Waals surface area contributed by atoms with E-state index in [-0.39, 0.29) is 23.7 Å². The van der Waals surface area contributed by atoms with Gasteiger partial charge in [-0.25, -0.2) is 0 Å². The summed E-state index contributed by atoms with van der Waals surface area (Å²) in [5.41, 5.74) is 1.71. The van der Waals surface area contributed by atoms with Crippen molar-refractivity contribution in [1.82, 2.24) is 20.4 Å². The summed E-state index contributed by atoms with van der Waals surface area (Å²) >= 11 is 6.22. The first-order valence-corrected chi connectivity index (χ1v) is 10.3. The molecule has 2 N–H and O–H groups in total. The van der Waals surface area contributed by atoms with Crippen molar-refractivity contribution in [1.29, 1.82) is 0 Å². The number of halogens is 2. The fraction of sp³-hybridized carbons (Fsp3) is 0.524. The van der Waals surface area contributed by atoms with E-state index < -0.39 is 0 Å². The van der Waals surface area contributed by atoms with E-state index >= 15 is 0 Å². The SMILES string of the molecule is Cl.O=C(NCC1(c2cccc(Cl)c2)CCCC1)c1ccn(C2CCCNC2)n1. The van der Waals surface area contributed by atoms with E-state index in [2.05, 4.69) is 21.8 Å². The molecule has 28 heavy (non-hydrogen) atoms. The van der Waals surface area contributed by atoms with Crippen LogP contribution in [0.5, 0.6) is 0 Å². The van der Waals surface area contributed by atoms with Gasteiger partial charge in [-0.1, -0.05) is 36.6 Å². The summed E-state index contributed by atoms with van der Waals surface area (Å²) in [5, 5.41) is 11.8. The molecule has 7 heteroatoms. The van der Waals surface area contributed by atoms with E-state index in [1.165, 1.54) is 18.4 Å². The molecule has 1 aromatic heterocycles. The van der Waals surface area contributed by atoms with Crippen LogP contribution in [0.3, 0.4) is 0 Å². The highest BCUT2D eigenvalue weighted by Gasteiger charge is 2.36. The predicted octanol–water partition coefficient (Wildman–Crippen LogP) is 4.12. The van der Waals surface area contributed by atoms with Gasteiger partial charge in [-0.2, -0.15) is 5.10 Å². The zero-order valence-corrected chi connectivity index (χ0v) is 17.6. The summed E-state index contributed by atoms with van der Waals surface area (Å²) < 4.78 is 1.93. The van der Waals surface area contributed by atoms with Gasteiger partial charge in [0.05, 0.1) is 6.04 Å². The zero-order chi connectivity index (χ0) is 18.7. The van der Waals surface area contributed by atoms with E-state index in [0.29, 0.717) is 18.3 Å². The number of rotatable bonds is 5. The molecule has 1 aromatic carbocycles. The smallest absolute Gasteiger partial charge is 0.271 e. The second kappa shape index (κ2) is 9.29. The molecule has 1 unspecified atom stereocenters. The number of nitrogens with one attached hydrogen (secondary N) is 2. The van der Waals surface area contributed by atoms with Crippen molar-refractivity contribution < 1.29 is 4.79 Å². The topological polar surface area (TPSA) is 59.0 Å². The Labute approximate surface area is 177 Å². The van der Waals surface area contributed by atoms with E-state index in [4.69, 9.17) is 11.6 Å². The minimum atomic E-state index is -0.0918. The first-order chi connectivity index (χ1) is 13.2. The lowest BCUT2D eigenvalue weighted by molar-refractivity contribution is 0.0936. The number of nitrogens with zero attached hydrogens (tertiary/aromatic N) is 2. The fourth-order valence-electron chi connectivity index (χ4n) is 4.50. The van der Waals surface area contributed by atoms with Gasteiger partial charge >= 0.3 is 0 Å². The van der Waals surface area contributed by atoms with Gasteiger partial charge in [-0.15, -0.1) is 12.4 Å². The molecule has 1 aliphatic heterocycles. The van der Waals surface area contributed by atoms with Crippen molar-refractivity contribution in [3.05, 3.63) is 52.8 Å². The quantitative estimate of drug-likeness (QED) is 0.761. The van der Waals surface area contributed by atoms with Gasteiger partial charge in [0.25, 0.3) is 5.91 Å². The van der Waals surface area contributed by atoms with Gasteiger partial charge in [0.1, 0.15) is 5.69 Å². The van der Waals surface area contributed by atoms with Crippen LogP contribution in [0, 0.1) is 0 Å². The van der Waals surface area contributed by atoms with E-state index in [0.717, 1.165) is 43.8 Å². The normalized spacial score (nSPS) is 21.1. The van der Waals surface area contributed by atoms with E-state index in [1.54, 1.807) is 0 Å². The number of hydrogen-bond donors (Lipinski definition) is 2. The molecule has 1 aliphatic carbocycles. The molecular weight excluding hydrogens is 395 g/mol. The first-order valence-electron chi connectivity index (χ1n) is 9.96. The molecule has 5 nitrogen and oxygen atoms in total. The molecule has 0 radical (unpaired) electrons. The Kier molecular flexibility index (Phi) is 7.02. The summed E-state index contributed by atoms with van der Waals surface area (Å²) in [6.07, 6.45) is 8.71. The molecular formula is C21H28Cl2N4O. The van der Waals surface area contributed by atoms with Crippen LogP contribution in [0.1, 0.15) is 60.6 Å². The monoisotopic (exact) mass is 422 g/mol. The van der Waals surface area contributed by atoms with Crippen molar-refractivity contribution in [3.63, 3.8) is 0 Å². The molecule has 0 spiro atoms. The van der Waals surface area contributed by atoms with Crippen molar-refractivity contribution in [3.8, 4) is 0 Å². The second-order valence-electron chi connectivity index (χ2n) is 7.86. The molecule has 2 aromatic rings. The van der Waals surface area contributed by atoms with Crippen LogP contribution in [0.15, 0.2) is 36.5 Å². The van der Waals surface area contributed by atoms with Gasteiger partial charge < -0.3 is 10.6 Å². The average Bonchev–Trinajstić information content (AvgIpc) is 3.38. The van der Waals surface area contributed by atoms with Crippen LogP contribution in [-0.4, -0.2) is 35.3 Å². The number of aromatic nitrogens is 2. The Morgan fingerprint density at radius 2 is 2.11 bits per heavy atom. The number of amides is 1. The Bertz CT molecular complexity index is 795. The van der Waals surface area contributed by atoms with Crippen LogP contribution in [0.25, 0.3) is 0 Å². The maximum Gasteiger partial charge on any atom is 0.271 e. The third-order valence-corrected chi connectivity index (χ3v) is 6.31. The molecule has 1 saturated heterocycles.